The molecule has 0 unspecified atom stereocenters. The minimum atomic E-state index is -0.978. The lowest BCUT2D eigenvalue weighted by molar-refractivity contribution is 0.0955. The van der Waals surface area contributed by atoms with Crippen molar-refractivity contribution in [3.05, 3.63) is 29.3 Å². The summed E-state index contributed by atoms with van der Waals surface area (Å²) in [5.41, 5.74) is -0.544. The van der Waals surface area contributed by atoms with Gasteiger partial charge in [0, 0.05) is 7.05 Å². The van der Waals surface area contributed by atoms with Crippen LogP contribution in [0.15, 0.2) is 12.1 Å². The molecule has 0 saturated carbocycles. The third kappa shape index (κ3) is 1.90. The molecule has 3 nitrogen and oxygen atoms in total. The number of carbonyl (C=O) groups is 1. The summed E-state index contributed by atoms with van der Waals surface area (Å²) in [4.78, 5) is 11.0. The van der Waals surface area contributed by atoms with Crippen molar-refractivity contribution in [1.29, 1.82) is 0 Å². The molecule has 74 valence electrons. The Kier molecular flexibility index (Phi) is 3.19. The van der Waals surface area contributed by atoms with Crippen LogP contribution in [0.5, 0.6) is 0 Å². The van der Waals surface area contributed by atoms with Gasteiger partial charge in [-0.05, 0) is 17.6 Å². The normalized spacial score (nSPS) is 9.71. The lowest BCUT2D eigenvalue weighted by atomic mass is 9.87. The number of hydrogen-bond acceptors (Lipinski definition) is 2. The van der Waals surface area contributed by atoms with Crippen molar-refractivity contribution in [2.75, 3.05) is 7.05 Å². The van der Waals surface area contributed by atoms with Gasteiger partial charge in [0.15, 0.2) is 0 Å². The molecule has 0 radical (unpaired) electrons. The Hall–Kier alpha value is -1.43. The summed E-state index contributed by atoms with van der Waals surface area (Å²) < 4.78 is 26.2. The molecule has 0 heterocycles. The summed E-state index contributed by atoms with van der Waals surface area (Å²) in [5.74, 6) is -2.79. The summed E-state index contributed by atoms with van der Waals surface area (Å²) in [5, 5.41) is 10.8. The lowest BCUT2D eigenvalue weighted by Crippen LogP contribution is -2.24. The van der Waals surface area contributed by atoms with E-state index in [2.05, 4.69) is 5.32 Å². The number of rotatable bonds is 2. The molecular formula is C8H8BF2NO2. The molecule has 2 N–H and O–H groups in total. The van der Waals surface area contributed by atoms with Crippen LogP contribution in [0.3, 0.4) is 0 Å². The number of hydrogen-bond donors (Lipinski definition) is 2. The molecule has 0 atom stereocenters. The van der Waals surface area contributed by atoms with Crippen LogP contribution < -0.4 is 10.8 Å². The quantitative estimate of drug-likeness (QED) is 0.618. The number of carbonyl (C=O) groups excluding carboxylic acids is 1. The van der Waals surface area contributed by atoms with Gasteiger partial charge in [-0.1, -0.05) is 0 Å². The van der Waals surface area contributed by atoms with Crippen molar-refractivity contribution in [3.8, 4) is 0 Å². The largest absolute Gasteiger partial charge is 0.449 e. The van der Waals surface area contributed by atoms with Crippen LogP contribution in [0.4, 0.5) is 8.78 Å². The Morgan fingerprint density at radius 3 is 2.29 bits per heavy atom. The van der Waals surface area contributed by atoms with Crippen molar-refractivity contribution in [1.82, 2.24) is 5.32 Å². The van der Waals surface area contributed by atoms with E-state index >= 15 is 0 Å². The first kappa shape index (κ1) is 10.7. The number of nitrogens with one attached hydrogen (secondary N) is 1. The molecule has 0 aliphatic heterocycles. The predicted molar refractivity (Wildman–Crippen MR) is 48.8 cm³/mol. The van der Waals surface area contributed by atoms with Crippen LogP contribution >= 0.6 is 0 Å². The first-order valence-electron chi connectivity index (χ1n) is 3.91. The molecule has 0 spiro atoms. The van der Waals surface area contributed by atoms with E-state index in [0.29, 0.717) is 0 Å². The highest BCUT2D eigenvalue weighted by Crippen LogP contribution is 2.10. The molecule has 6 heteroatoms. The van der Waals surface area contributed by atoms with Gasteiger partial charge in [0.05, 0.1) is 0 Å². The van der Waals surface area contributed by atoms with Crippen molar-refractivity contribution in [3.63, 3.8) is 0 Å². The maximum atomic E-state index is 13.1. The minimum Gasteiger partial charge on any atom is -0.449 e. The number of benzene rings is 1. The van der Waals surface area contributed by atoms with E-state index in [1.54, 1.807) is 0 Å². The molecule has 14 heavy (non-hydrogen) atoms. The number of amides is 1. The van der Waals surface area contributed by atoms with Crippen molar-refractivity contribution >= 4 is 18.9 Å². The van der Waals surface area contributed by atoms with Crippen LogP contribution in [0.25, 0.3) is 0 Å². The molecule has 1 amide bonds. The van der Waals surface area contributed by atoms with E-state index in [1.165, 1.54) is 7.05 Å². The molecular weight excluding hydrogens is 191 g/mol. The van der Waals surface area contributed by atoms with Gasteiger partial charge in [0.25, 0.3) is 5.91 Å². The Balaban J connectivity index is 3.25. The highest BCUT2D eigenvalue weighted by molar-refractivity contribution is 6.45. The lowest BCUT2D eigenvalue weighted by Gasteiger charge is -2.04. The van der Waals surface area contributed by atoms with Gasteiger partial charge in [-0.3, -0.25) is 4.79 Å². The Morgan fingerprint density at radius 1 is 1.43 bits per heavy atom. The van der Waals surface area contributed by atoms with E-state index in [0.717, 1.165) is 12.1 Å². The second-order valence-corrected chi connectivity index (χ2v) is 2.67. The van der Waals surface area contributed by atoms with Crippen LogP contribution in [0.2, 0.25) is 0 Å². The monoisotopic (exact) mass is 199 g/mol. The smallest absolute Gasteiger partial charge is 0.304 e. The average Bonchev–Trinajstić information content (AvgIpc) is 2.16. The fraction of sp³-hybridized carbons (Fsp3) is 0.125. The minimum absolute atomic E-state index is 0.0904. The zero-order valence-corrected chi connectivity index (χ0v) is 7.47. The van der Waals surface area contributed by atoms with E-state index < -0.39 is 30.6 Å². The zero-order valence-electron chi connectivity index (χ0n) is 7.47. The van der Waals surface area contributed by atoms with Gasteiger partial charge in [0.1, 0.15) is 17.2 Å². The van der Waals surface area contributed by atoms with E-state index in [-0.39, 0.29) is 5.46 Å². The molecule has 1 aromatic carbocycles. The second-order valence-electron chi connectivity index (χ2n) is 2.67. The second kappa shape index (κ2) is 4.19. The van der Waals surface area contributed by atoms with Crippen LogP contribution in [-0.2, 0) is 0 Å². The maximum Gasteiger partial charge on any atom is 0.304 e. The van der Waals surface area contributed by atoms with Crippen molar-refractivity contribution in [2.45, 2.75) is 0 Å². The van der Waals surface area contributed by atoms with Crippen LogP contribution in [0.1, 0.15) is 10.4 Å². The molecule has 0 bridgehead atoms. The zero-order chi connectivity index (χ0) is 10.7. The van der Waals surface area contributed by atoms with Crippen LogP contribution in [0, 0.1) is 11.6 Å². The Bertz CT molecular complexity index is 347. The fourth-order valence-electron chi connectivity index (χ4n) is 1.06. The molecule has 0 fully saturated rings. The number of halogens is 2. The summed E-state index contributed by atoms with van der Waals surface area (Å²) in [6.07, 6.45) is 0. The van der Waals surface area contributed by atoms with Crippen molar-refractivity contribution in [2.24, 2.45) is 0 Å². The van der Waals surface area contributed by atoms with E-state index in [9.17, 15) is 13.6 Å². The molecule has 0 saturated heterocycles. The van der Waals surface area contributed by atoms with Gasteiger partial charge in [-0.25, -0.2) is 8.78 Å². The Labute approximate surface area is 80.0 Å². The van der Waals surface area contributed by atoms with E-state index in [4.69, 9.17) is 5.02 Å². The summed E-state index contributed by atoms with van der Waals surface area (Å²) in [6.45, 7) is 0. The van der Waals surface area contributed by atoms with Gasteiger partial charge >= 0.3 is 7.48 Å². The Morgan fingerprint density at radius 2 is 1.93 bits per heavy atom. The van der Waals surface area contributed by atoms with Gasteiger partial charge < -0.3 is 10.3 Å². The summed E-state index contributed by atoms with van der Waals surface area (Å²) >= 11 is 0. The molecule has 0 aliphatic rings. The third-order valence-corrected chi connectivity index (χ3v) is 1.74. The van der Waals surface area contributed by atoms with E-state index in [1.807, 2.05) is 0 Å². The van der Waals surface area contributed by atoms with Gasteiger partial charge in [-0.2, -0.15) is 0 Å². The highest BCUT2D eigenvalue weighted by Gasteiger charge is 2.17. The molecule has 1 aromatic rings. The highest BCUT2D eigenvalue weighted by atomic mass is 19.1. The SMILES string of the molecule is CNC(=O)c1c(F)cc(BO)cc1F. The third-order valence-electron chi connectivity index (χ3n) is 1.74. The topological polar surface area (TPSA) is 49.3 Å². The predicted octanol–water partition coefficient (Wildman–Crippen LogP) is -0.706. The van der Waals surface area contributed by atoms with Crippen molar-refractivity contribution < 1.29 is 18.6 Å². The first-order valence-corrected chi connectivity index (χ1v) is 3.91. The van der Waals surface area contributed by atoms with Gasteiger partial charge in [-0.15, -0.1) is 0 Å². The molecule has 1 rings (SSSR count). The van der Waals surface area contributed by atoms with Gasteiger partial charge in [0.2, 0.25) is 0 Å². The standard InChI is InChI=1S/C8H8BF2NO2/c1-12-8(13)7-5(10)2-4(9-14)3-6(7)11/h2-3,9,14H,1H3,(H,12,13). The summed E-state index contributed by atoms with van der Waals surface area (Å²) in [7, 11) is 0.809. The fourth-order valence-corrected chi connectivity index (χ4v) is 1.06. The molecule has 0 aromatic heterocycles. The maximum absolute atomic E-state index is 13.1. The summed E-state index contributed by atoms with van der Waals surface area (Å²) in [6, 6.07) is 1.85. The molecule has 0 aliphatic carbocycles. The van der Waals surface area contributed by atoms with Crippen LogP contribution in [-0.4, -0.2) is 25.5 Å². The average molecular weight is 199 g/mol. The first-order chi connectivity index (χ1) is 6.60.